The minimum absolute atomic E-state index is 0.0312. The summed E-state index contributed by atoms with van der Waals surface area (Å²) in [7, 11) is 0. The molecule has 2 N–H and O–H groups in total. The molecule has 0 saturated carbocycles. The van der Waals surface area contributed by atoms with Crippen molar-refractivity contribution in [2.45, 2.75) is 40.3 Å². The summed E-state index contributed by atoms with van der Waals surface area (Å²) < 4.78 is 0. The second-order valence-electron chi connectivity index (χ2n) is 6.73. The van der Waals surface area contributed by atoms with Gasteiger partial charge in [-0.15, -0.1) is 0 Å². The van der Waals surface area contributed by atoms with Crippen molar-refractivity contribution in [2.24, 2.45) is 5.41 Å². The maximum atomic E-state index is 11.8. The van der Waals surface area contributed by atoms with Crippen molar-refractivity contribution >= 4 is 34.6 Å². The largest absolute Gasteiger partial charge is 0.377 e. The monoisotopic (exact) mass is 354 g/mol. The number of anilines is 2. The molecule has 0 saturated heterocycles. The van der Waals surface area contributed by atoms with Crippen LogP contribution in [0.1, 0.15) is 33.3 Å². The smallest absolute Gasteiger partial charge is 0.253 e. The molecular weight excluding hydrogens is 335 g/mol. The predicted octanol–water partition coefficient (Wildman–Crippen LogP) is 4.05. The van der Waals surface area contributed by atoms with Crippen LogP contribution in [0.4, 0.5) is 11.4 Å². The Balaban J connectivity index is 2.14. The van der Waals surface area contributed by atoms with Crippen LogP contribution in [-0.4, -0.2) is 6.04 Å². The molecule has 4 nitrogen and oxygen atoms in total. The summed E-state index contributed by atoms with van der Waals surface area (Å²) in [4.78, 5) is 23.6. The fourth-order valence-electron chi connectivity index (χ4n) is 1.98. The van der Waals surface area contributed by atoms with Crippen LogP contribution in [0.2, 0.25) is 10.0 Å². The van der Waals surface area contributed by atoms with E-state index in [2.05, 4.69) is 31.4 Å². The van der Waals surface area contributed by atoms with Crippen LogP contribution in [0, 0.1) is 5.41 Å². The summed E-state index contributed by atoms with van der Waals surface area (Å²) in [5.41, 5.74) is 0.458. The quantitative estimate of drug-likeness (QED) is 0.795. The van der Waals surface area contributed by atoms with Gasteiger partial charge in [0.05, 0.1) is 0 Å². The van der Waals surface area contributed by atoms with Crippen molar-refractivity contribution in [2.75, 3.05) is 10.6 Å². The van der Waals surface area contributed by atoms with Crippen LogP contribution in [0.15, 0.2) is 27.8 Å². The maximum absolute atomic E-state index is 11.8. The Bertz CT molecular complexity index is 787. The van der Waals surface area contributed by atoms with Crippen molar-refractivity contribution in [3.05, 3.63) is 54.3 Å². The molecule has 0 aliphatic rings. The van der Waals surface area contributed by atoms with E-state index in [1.54, 1.807) is 18.2 Å². The fourth-order valence-corrected chi connectivity index (χ4v) is 2.45. The summed E-state index contributed by atoms with van der Waals surface area (Å²) in [5, 5.41) is 7.21. The van der Waals surface area contributed by atoms with Gasteiger partial charge in [-0.1, -0.05) is 50.0 Å². The molecule has 124 valence electrons. The number of rotatable bonds is 5. The molecule has 2 rings (SSSR count). The first-order valence-corrected chi connectivity index (χ1v) is 8.14. The molecule has 2 aromatic carbocycles. The lowest BCUT2D eigenvalue weighted by molar-refractivity contribution is 0.359. The third kappa shape index (κ3) is 3.88. The van der Waals surface area contributed by atoms with E-state index in [1.807, 2.05) is 6.92 Å². The second-order valence-corrected chi connectivity index (χ2v) is 7.57. The summed E-state index contributed by atoms with van der Waals surface area (Å²) in [6.07, 6.45) is 0. The van der Waals surface area contributed by atoms with Gasteiger partial charge < -0.3 is 10.6 Å². The van der Waals surface area contributed by atoms with Gasteiger partial charge in [0, 0.05) is 22.6 Å². The van der Waals surface area contributed by atoms with E-state index in [9.17, 15) is 9.59 Å². The van der Waals surface area contributed by atoms with Crippen LogP contribution in [-0.2, 0) is 6.54 Å². The van der Waals surface area contributed by atoms with Crippen LogP contribution >= 0.6 is 23.2 Å². The highest BCUT2D eigenvalue weighted by Crippen LogP contribution is 2.26. The van der Waals surface area contributed by atoms with Crippen molar-refractivity contribution in [3.8, 4) is 0 Å². The first kappa shape index (κ1) is 17.8. The molecule has 2 aromatic rings. The second kappa shape index (κ2) is 6.54. The van der Waals surface area contributed by atoms with E-state index in [0.29, 0.717) is 28.0 Å². The Morgan fingerprint density at radius 1 is 1.09 bits per heavy atom. The van der Waals surface area contributed by atoms with Gasteiger partial charge in [-0.3, -0.25) is 9.59 Å². The first-order chi connectivity index (χ1) is 10.6. The Morgan fingerprint density at radius 2 is 1.70 bits per heavy atom. The lowest BCUT2D eigenvalue weighted by Gasteiger charge is -2.30. The predicted molar refractivity (Wildman–Crippen MR) is 97.7 cm³/mol. The lowest BCUT2D eigenvalue weighted by atomic mass is 9.87. The maximum Gasteiger partial charge on any atom is 0.253 e. The Kier molecular flexibility index (Phi) is 5.07. The molecule has 1 atom stereocenters. The van der Waals surface area contributed by atoms with E-state index in [-0.39, 0.29) is 11.5 Å². The van der Waals surface area contributed by atoms with E-state index in [1.165, 1.54) is 0 Å². The Labute approximate surface area is 145 Å². The molecule has 0 fully saturated rings. The van der Waals surface area contributed by atoms with E-state index in [0.717, 1.165) is 5.56 Å². The van der Waals surface area contributed by atoms with Gasteiger partial charge in [-0.05, 0) is 30.0 Å². The Hall–Kier alpha value is -1.52. The first-order valence-electron chi connectivity index (χ1n) is 7.39. The van der Waals surface area contributed by atoms with Crippen molar-refractivity contribution in [1.82, 2.24) is 0 Å². The highest BCUT2D eigenvalue weighted by atomic mass is 35.5. The molecule has 6 heteroatoms. The molecule has 0 bridgehead atoms. The zero-order valence-corrected chi connectivity index (χ0v) is 15.1. The van der Waals surface area contributed by atoms with Crippen LogP contribution in [0.3, 0.4) is 0 Å². The third-order valence-corrected chi connectivity index (χ3v) is 4.63. The number of hydrogen-bond donors (Lipinski definition) is 2. The number of benzene rings is 1. The minimum Gasteiger partial charge on any atom is -0.377 e. The zero-order valence-electron chi connectivity index (χ0n) is 13.6. The molecule has 0 radical (unpaired) electrons. The van der Waals surface area contributed by atoms with Crippen molar-refractivity contribution < 1.29 is 0 Å². The summed E-state index contributed by atoms with van der Waals surface area (Å²) in [6, 6.07) is 5.20. The van der Waals surface area contributed by atoms with Gasteiger partial charge in [0.25, 0.3) is 10.9 Å². The highest BCUT2D eigenvalue weighted by molar-refractivity contribution is 6.35. The van der Waals surface area contributed by atoms with E-state index in [4.69, 9.17) is 23.2 Å². The SMILES string of the molecule is C[C@H](Nc1c(NCc2ccc(Cl)cc2Cl)c(=O)c1=O)C(C)(C)C. The zero-order chi connectivity index (χ0) is 17.4. The van der Waals surface area contributed by atoms with Gasteiger partial charge in [-0.25, -0.2) is 0 Å². The van der Waals surface area contributed by atoms with Crippen molar-refractivity contribution in [3.63, 3.8) is 0 Å². The lowest BCUT2D eigenvalue weighted by Crippen LogP contribution is -2.41. The summed E-state index contributed by atoms with van der Waals surface area (Å²) in [5.74, 6) is 0. The molecule has 0 unspecified atom stereocenters. The molecular formula is C17H20Cl2N2O2. The topological polar surface area (TPSA) is 58.2 Å². The number of halogens is 2. The normalized spacial score (nSPS) is 13.1. The third-order valence-electron chi connectivity index (χ3n) is 4.04. The molecule has 0 aliphatic heterocycles. The average molecular weight is 355 g/mol. The highest BCUT2D eigenvalue weighted by Gasteiger charge is 2.26. The van der Waals surface area contributed by atoms with Crippen LogP contribution in [0.25, 0.3) is 0 Å². The van der Waals surface area contributed by atoms with E-state index < -0.39 is 10.9 Å². The summed E-state index contributed by atoms with van der Waals surface area (Å²) in [6.45, 7) is 8.53. The van der Waals surface area contributed by atoms with Gasteiger partial charge in [0.1, 0.15) is 11.4 Å². The fraction of sp³-hybridized carbons (Fsp3) is 0.412. The molecule has 0 aliphatic carbocycles. The van der Waals surface area contributed by atoms with Crippen molar-refractivity contribution in [1.29, 1.82) is 0 Å². The van der Waals surface area contributed by atoms with Crippen LogP contribution < -0.4 is 21.5 Å². The minimum atomic E-state index is -0.501. The standard InChI is InChI=1S/C17H20Cl2N2O2/c1-9(17(2,3)4)21-14-13(15(22)16(14)23)20-8-10-5-6-11(18)7-12(10)19/h5-7,9,20-21H,8H2,1-4H3/t9-/m0/s1. The van der Waals surface area contributed by atoms with Crippen LogP contribution in [0.5, 0.6) is 0 Å². The number of nitrogens with one attached hydrogen (secondary N) is 2. The molecule has 0 amide bonds. The van der Waals surface area contributed by atoms with Gasteiger partial charge in [0.2, 0.25) is 0 Å². The molecule has 0 heterocycles. The Morgan fingerprint density at radius 3 is 2.26 bits per heavy atom. The number of hydrogen-bond acceptors (Lipinski definition) is 4. The van der Waals surface area contributed by atoms with Gasteiger partial charge in [0.15, 0.2) is 0 Å². The average Bonchev–Trinajstić information content (AvgIpc) is 2.46. The van der Waals surface area contributed by atoms with Gasteiger partial charge in [-0.2, -0.15) is 0 Å². The van der Waals surface area contributed by atoms with Gasteiger partial charge >= 0.3 is 0 Å². The van der Waals surface area contributed by atoms with E-state index >= 15 is 0 Å². The molecule has 0 aromatic heterocycles. The molecule has 23 heavy (non-hydrogen) atoms. The summed E-state index contributed by atoms with van der Waals surface area (Å²) >= 11 is 12.0. The molecule has 0 spiro atoms.